The molecular weight excluding hydrogens is 697 g/mol. The van der Waals surface area contributed by atoms with Crippen LogP contribution in [0.25, 0.3) is 33.4 Å². The van der Waals surface area contributed by atoms with Crippen LogP contribution in [0.5, 0.6) is 0 Å². The fraction of sp³-hybridized carbons (Fsp3) is 0.333. The van der Waals surface area contributed by atoms with Gasteiger partial charge in [-0.1, -0.05) is 148 Å². The van der Waals surface area contributed by atoms with Gasteiger partial charge in [0.1, 0.15) is 0 Å². The van der Waals surface area contributed by atoms with Gasteiger partial charge in [0.2, 0.25) is 0 Å². The number of ether oxygens (including phenoxy) is 3. The first-order valence-electron chi connectivity index (χ1n) is 21.1. The van der Waals surface area contributed by atoms with Gasteiger partial charge in [0.15, 0.2) is 0 Å². The molecule has 0 spiro atoms. The maximum atomic E-state index is 6.01. The quantitative estimate of drug-likeness (QED) is 0.132. The maximum Gasteiger partial charge on any atom is 0.0723 e. The molecular formula is C54H60O3. The van der Waals surface area contributed by atoms with E-state index in [2.05, 4.69) is 176 Å². The van der Waals surface area contributed by atoms with E-state index < -0.39 is 0 Å². The molecule has 0 saturated heterocycles. The van der Waals surface area contributed by atoms with Crippen LogP contribution in [-0.4, -0.2) is 18.3 Å². The van der Waals surface area contributed by atoms with Crippen molar-refractivity contribution in [3.05, 3.63) is 177 Å². The molecule has 3 aliphatic carbocycles. The summed E-state index contributed by atoms with van der Waals surface area (Å²) in [6, 6.07) is 45.8. The predicted octanol–water partition coefficient (Wildman–Crippen LogP) is 13.6. The van der Waals surface area contributed by atoms with Crippen LogP contribution in [0, 0.1) is 5.92 Å². The summed E-state index contributed by atoms with van der Waals surface area (Å²) in [5.41, 5.74) is 21.0. The van der Waals surface area contributed by atoms with Crippen LogP contribution in [0.1, 0.15) is 105 Å². The van der Waals surface area contributed by atoms with E-state index in [1.54, 1.807) is 0 Å². The molecule has 0 N–H and O–H groups in total. The molecule has 0 saturated carbocycles. The van der Waals surface area contributed by atoms with E-state index in [0.717, 1.165) is 45.5 Å². The minimum absolute atomic E-state index is 0.282. The van der Waals surface area contributed by atoms with Gasteiger partial charge in [0.25, 0.3) is 0 Å². The second kappa shape index (κ2) is 18.6. The molecule has 0 radical (unpaired) electrons. The topological polar surface area (TPSA) is 27.7 Å². The number of fused-ring (bicyclic) bond motifs is 9. The van der Waals surface area contributed by atoms with Gasteiger partial charge in [0.05, 0.1) is 38.1 Å². The van der Waals surface area contributed by atoms with E-state index in [9.17, 15) is 0 Å². The Morgan fingerprint density at radius 2 is 0.754 bits per heavy atom. The van der Waals surface area contributed by atoms with Crippen molar-refractivity contribution in [2.45, 2.75) is 112 Å². The Morgan fingerprint density at radius 1 is 0.404 bits per heavy atom. The Balaban J connectivity index is 0.000000131. The zero-order chi connectivity index (χ0) is 39.9. The number of rotatable bonds is 11. The van der Waals surface area contributed by atoms with Gasteiger partial charge in [-0.05, 0) is 143 Å². The molecule has 0 aliphatic heterocycles. The van der Waals surface area contributed by atoms with Gasteiger partial charge in [-0.2, -0.15) is 0 Å². The van der Waals surface area contributed by atoms with Crippen LogP contribution < -0.4 is 0 Å². The van der Waals surface area contributed by atoms with Gasteiger partial charge < -0.3 is 14.2 Å². The van der Waals surface area contributed by atoms with E-state index in [-0.39, 0.29) is 6.10 Å². The van der Waals surface area contributed by atoms with Crippen molar-refractivity contribution in [2.24, 2.45) is 5.92 Å². The SMILES string of the molecule is CC(C)C(C)OCc1cccc2c1Cc1ccccc1-2.CC(C)OCc1cccc2c1Cc1ccccc1-2.CCC(C)OCc1cccc2c1Cc1ccccc1-2. The lowest BCUT2D eigenvalue weighted by Crippen LogP contribution is -2.15. The summed E-state index contributed by atoms with van der Waals surface area (Å²) in [6.45, 7) is 17.2. The third kappa shape index (κ3) is 9.34. The smallest absolute Gasteiger partial charge is 0.0723 e. The molecule has 0 fully saturated rings. The molecule has 0 aromatic heterocycles. The van der Waals surface area contributed by atoms with Gasteiger partial charge >= 0.3 is 0 Å². The van der Waals surface area contributed by atoms with E-state index in [1.807, 2.05) is 0 Å². The summed E-state index contributed by atoms with van der Waals surface area (Å²) < 4.78 is 17.7. The van der Waals surface area contributed by atoms with Crippen LogP contribution in [0.3, 0.4) is 0 Å². The molecule has 3 aliphatic rings. The molecule has 0 heterocycles. The molecule has 6 aromatic carbocycles. The molecule has 9 rings (SSSR count). The third-order valence-electron chi connectivity index (χ3n) is 12.0. The normalized spacial score (nSPS) is 13.6. The van der Waals surface area contributed by atoms with E-state index in [4.69, 9.17) is 14.2 Å². The van der Waals surface area contributed by atoms with E-state index >= 15 is 0 Å². The molecule has 2 atom stereocenters. The molecule has 0 bridgehead atoms. The Bertz CT molecular complexity index is 2280. The third-order valence-corrected chi connectivity index (χ3v) is 12.0. The van der Waals surface area contributed by atoms with Crippen molar-refractivity contribution >= 4 is 0 Å². The van der Waals surface area contributed by atoms with Gasteiger partial charge in [-0.25, -0.2) is 0 Å². The Labute approximate surface area is 342 Å². The zero-order valence-electron chi connectivity index (χ0n) is 35.1. The molecule has 3 heteroatoms. The first-order chi connectivity index (χ1) is 27.7. The van der Waals surface area contributed by atoms with Crippen LogP contribution in [0.2, 0.25) is 0 Å². The van der Waals surface area contributed by atoms with Crippen LogP contribution in [0.4, 0.5) is 0 Å². The van der Waals surface area contributed by atoms with Crippen molar-refractivity contribution in [3.8, 4) is 33.4 Å². The Morgan fingerprint density at radius 3 is 1.12 bits per heavy atom. The summed E-state index contributed by atoms with van der Waals surface area (Å²) in [5.74, 6) is 0.559. The Hall–Kier alpha value is -4.80. The van der Waals surface area contributed by atoms with Crippen molar-refractivity contribution < 1.29 is 14.2 Å². The van der Waals surface area contributed by atoms with Crippen molar-refractivity contribution in [1.29, 1.82) is 0 Å². The second-order valence-corrected chi connectivity index (χ2v) is 16.5. The summed E-state index contributed by atoms with van der Waals surface area (Å²) in [5, 5.41) is 0. The molecule has 294 valence electrons. The minimum Gasteiger partial charge on any atom is -0.374 e. The predicted molar refractivity (Wildman–Crippen MR) is 238 cm³/mol. The molecule has 3 nitrogen and oxygen atoms in total. The lowest BCUT2D eigenvalue weighted by molar-refractivity contribution is 0.0232. The molecule has 57 heavy (non-hydrogen) atoms. The fourth-order valence-corrected chi connectivity index (χ4v) is 8.10. The van der Waals surface area contributed by atoms with E-state index in [0.29, 0.717) is 18.1 Å². The lowest BCUT2D eigenvalue weighted by Gasteiger charge is -2.18. The fourth-order valence-electron chi connectivity index (χ4n) is 8.10. The largest absolute Gasteiger partial charge is 0.374 e. The zero-order valence-corrected chi connectivity index (χ0v) is 35.1. The summed E-state index contributed by atoms with van der Waals surface area (Å²) in [7, 11) is 0. The monoisotopic (exact) mass is 756 g/mol. The minimum atomic E-state index is 0.282. The van der Waals surface area contributed by atoms with Crippen molar-refractivity contribution in [1.82, 2.24) is 0 Å². The summed E-state index contributed by atoms with van der Waals surface area (Å²) in [6.07, 6.45) is 5.12. The van der Waals surface area contributed by atoms with Gasteiger partial charge in [-0.3, -0.25) is 0 Å². The molecule has 6 aromatic rings. The lowest BCUT2D eigenvalue weighted by atomic mass is 10.0. The van der Waals surface area contributed by atoms with E-state index in [1.165, 1.54) is 83.5 Å². The van der Waals surface area contributed by atoms with Crippen molar-refractivity contribution in [2.75, 3.05) is 0 Å². The highest BCUT2D eigenvalue weighted by Crippen LogP contribution is 2.40. The summed E-state index contributed by atoms with van der Waals surface area (Å²) >= 11 is 0. The van der Waals surface area contributed by atoms with Gasteiger partial charge in [0, 0.05) is 0 Å². The first-order valence-corrected chi connectivity index (χ1v) is 21.1. The molecule has 0 amide bonds. The highest BCUT2D eigenvalue weighted by atomic mass is 16.5. The first kappa shape index (κ1) is 40.4. The average molecular weight is 757 g/mol. The summed E-state index contributed by atoms with van der Waals surface area (Å²) in [4.78, 5) is 0. The average Bonchev–Trinajstić information content (AvgIpc) is 3.94. The standard InChI is InChI=1S/C19H22O.C18H20O.C17H18O/c1-13(2)14(3)20-12-16-8-6-10-18-17-9-5-4-7-15(17)11-19(16)18;1-3-13(2)19-12-15-8-6-10-17-16-9-5-4-7-14(16)11-18(15)17;1-12(2)18-11-14-7-5-9-16-15-8-4-3-6-13(15)10-17(14)16/h4-10,13-14H,11-12H2,1-3H3;4-10,13H,3,11-12H2,1-2H3;3-9,12H,10-11H2,1-2H3. The van der Waals surface area contributed by atoms with Crippen molar-refractivity contribution in [3.63, 3.8) is 0 Å². The van der Waals surface area contributed by atoms with Crippen LogP contribution >= 0.6 is 0 Å². The Kier molecular flexibility index (Phi) is 13.2. The number of benzene rings is 6. The molecule has 2 unspecified atom stereocenters. The highest BCUT2D eigenvalue weighted by Gasteiger charge is 2.23. The number of hydrogen-bond acceptors (Lipinski definition) is 3. The number of hydrogen-bond donors (Lipinski definition) is 0. The maximum absolute atomic E-state index is 6.01. The van der Waals surface area contributed by atoms with Gasteiger partial charge in [-0.15, -0.1) is 0 Å². The van der Waals surface area contributed by atoms with Crippen LogP contribution in [0.15, 0.2) is 127 Å². The van der Waals surface area contributed by atoms with Crippen LogP contribution in [-0.2, 0) is 53.3 Å². The highest BCUT2D eigenvalue weighted by molar-refractivity contribution is 5.79. The second-order valence-electron chi connectivity index (χ2n) is 16.5.